The van der Waals surface area contributed by atoms with E-state index in [4.69, 9.17) is 0 Å². The summed E-state index contributed by atoms with van der Waals surface area (Å²) in [6, 6.07) is 6.32. The second-order valence-electron chi connectivity index (χ2n) is 4.43. The van der Waals surface area contributed by atoms with E-state index in [2.05, 4.69) is 32.0 Å². The molecule has 0 N–H and O–H groups in total. The molecular weight excluding hydrogens is 222 g/mol. The molecule has 1 atom stereocenters. The molecule has 0 fully saturated rings. The fourth-order valence-electron chi connectivity index (χ4n) is 2.26. The molecule has 0 saturated heterocycles. The molecule has 0 amide bonds. The Hall–Kier alpha value is -1.83. The molecule has 1 heterocycles. The van der Waals surface area contributed by atoms with Crippen LogP contribution < -0.4 is 4.90 Å². The molecule has 0 spiro atoms. The standard InChI is InChI=1S/C16H19NO/c1-3-13-8-9-16(14(4-2)11-13)17-10-6-5-7-15(17)12-18/h5-12,15H,3-4H2,1-2H3. The van der Waals surface area contributed by atoms with Crippen LogP contribution in [0, 0.1) is 0 Å². The molecule has 0 aliphatic carbocycles. The number of nitrogens with zero attached hydrogens (tertiary/aromatic N) is 1. The van der Waals surface area contributed by atoms with Gasteiger partial charge in [0.1, 0.15) is 12.3 Å². The van der Waals surface area contributed by atoms with Gasteiger partial charge in [0.15, 0.2) is 0 Å². The van der Waals surface area contributed by atoms with Gasteiger partial charge in [-0.25, -0.2) is 0 Å². The molecule has 0 bridgehead atoms. The van der Waals surface area contributed by atoms with E-state index in [9.17, 15) is 4.79 Å². The lowest BCUT2D eigenvalue weighted by Crippen LogP contribution is -2.32. The summed E-state index contributed by atoms with van der Waals surface area (Å²) in [5, 5.41) is 0. The molecule has 1 aromatic carbocycles. The van der Waals surface area contributed by atoms with Crippen LogP contribution in [0.25, 0.3) is 0 Å². The van der Waals surface area contributed by atoms with Crippen LogP contribution >= 0.6 is 0 Å². The van der Waals surface area contributed by atoms with Gasteiger partial charge < -0.3 is 9.69 Å². The summed E-state index contributed by atoms with van der Waals surface area (Å²) in [6.07, 6.45) is 10.8. The maximum Gasteiger partial charge on any atom is 0.146 e. The Morgan fingerprint density at radius 3 is 2.72 bits per heavy atom. The van der Waals surface area contributed by atoms with E-state index >= 15 is 0 Å². The molecule has 94 valence electrons. The number of carbonyl (C=O) groups excluding carboxylic acids is 1. The summed E-state index contributed by atoms with van der Waals surface area (Å²) < 4.78 is 0. The van der Waals surface area contributed by atoms with Crippen LogP contribution in [0.5, 0.6) is 0 Å². The van der Waals surface area contributed by atoms with Crippen molar-refractivity contribution in [2.24, 2.45) is 0 Å². The highest BCUT2D eigenvalue weighted by atomic mass is 16.1. The summed E-state index contributed by atoms with van der Waals surface area (Å²) in [7, 11) is 0. The van der Waals surface area contributed by atoms with Crippen molar-refractivity contribution in [1.82, 2.24) is 0 Å². The van der Waals surface area contributed by atoms with E-state index in [0.29, 0.717) is 0 Å². The van der Waals surface area contributed by atoms with Gasteiger partial charge in [0, 0.05) is 11.9 Å². The van der Waals surface area contributed by atoms with Crippen molar-refractivity contribution < 1.29 is 4.79 Å². The monoisotopic (exact) mass is 241 g/mol. The first-order valence-corrected chi connectivity index (χ1v) is 6.50. The summed E-state index contributed by atoms with van der Waals surface area (Å²) >= 11 is 0. The topological polar surface area (TPSA) is 20.3 Å². The van der Waals surface area contributed by atoms with Gasteiger partial charge in [-0.05, 0) is 36.1 Å². The van der Waals surface area contributed by atoms with Crippen molar-refractivity contribution in [1.29, 1.82) is 0 Å². The minimum absolute atomic E-state index is 0.187. The highest BCUT2D eigenvalue weighted by molar-refractivity contribution is 5.73. The minimum atomic E-state index is -0.187. The largest absolute Gasteiger partial charge is 0.334 e. The first-order chi connectivity index (χ1) is 8.80. The number of aryl methyl sites for hydroxylation is 2. The minimum Gasteiger partial charge on any atom is -0.334 e. The van der Waals surface area contributed by atoms with Gasteiger partial charge in [0.25, 0.3) is 0 Å². The zero-order chi connectivity index (χ0) is 13.0. The molecule has 1 aliphatic rings. The Kier molecular flexibility index (Phi) is 3.98. The van der Waals surface area contributed by atoms with Crippen molar-refractivity contribution in [3.63, 3.8) is 0 Å². The van der Waals surface area contributed by atoms with Gasteiger partial charge in [-0.1, -0.05) is 38.1 Å². The van der Waals surface area contributed by atoms with Crippen LogP contribution in [-0.4, -0.2) is 12.3 Å². The second-order valence-corrected chi connectivity index (χ2v) is 4.43. The summed E-state index contributed by atoms with van der Waals surface area (Å²) in [4.78, 5) is 13.2. The van der Waals surface area contributed by atoms with Crippen molar-refractivity contribution in [2.75, 3.05) is 4.90 Å². The van der Waals surface area contributed by atoms with Gasteiger partial charge >= 0.3 is 0 Å². The molecule has 18 heavy (non-hydrogen) atoms. The number of carbonyl (C=O) groups is 1. The van der Waals surface area contributed by atoms with Crippen LogP contribution in [-0.2, 0) is 17.6 Å². The van der Waals surface area contributed by atoms with E-state index in [0.717, 1.165) is 24.8 Å². The Balaban J connectivity index is 2.40. The smallest absolute Gasteiger partial charge is 0.146 e. The first kappa shape index (κ1) is 12.6. The Morgan fingerprint density at radius 1 is 1.22 bits per heavy atom. The number of benzene rings is 1. The lowest BCUT2D eigenvalue weighted by atomic mass is 10.0. The zero-order valence-electron chi connectivity index (χ0n) is 11.0. The van der Waals surface area contributed by atoms with Gasteiger partial charge in [0.05, 0.1) is 0 Å². The third kappa shape index (κ3) is 2.37. The fourth-order valence-corrected chi connectivity index (χ4v) is 2.26. The average Bonchev–Trinajstić information content (AvgIpc) is 2.46. The normalized spacial score (nSPS) is 18.1. The van der Waals surface area contributed by atoms with Crippen molar-refractivity contribution in [2.45, 2.75) is 32.7 Å². The zero-order valence-corrected chi connectivity index (χ0v) is 11.0. The third-order valence-electron chi connectivity index (χ3n) is 3.34. The molecule has 0 saturated carbocycles. The van der Waals surface area contributed by atoms with Crippen LogP contribution in [0.4, 0.5) is 5.69 Å². The van der Waals surface area contributed by atoms with Gasteiger partial charge in [-0.2, -0.15) is 0 Å². The highest BCUT2D eigenvalue weighted by Gasteiger charge is 2.17. The lowest BCUT2D eigenvalue weighted by Gasteiger charge is -2.28. The molecule has 0 aromatic heterocycles. The number of hydrogen-bond acceptors (Lipinski definition) is 2. The van der Waals surface area contributed by atoms with E-state index < -0.39 is 0 Å². The molecular formula is C16H19NO. The predicted octanol–water partition coefficient (Wildman–Crippen LogP) is 3.27. The second kappa shape index (κ2) is 5.67. The summed E-state index contributed by atoms with van der Waals surface area (Å²) in [5.74, 6) is 0. The van der Waals surface area contributed by atoms with Gasteiger partial charge in [0.2, 0.25) is 0 Å². The maximum absolute atomic E-state index is 11.1. The fraction of sp³-hybridized carbons (Fsp3) is 0.312. The molecule has 1 unspecified atom stereocenters. The number of rotatable bonds is 4. The van der Waals surface area contributed by atoms with Crippen LogP contribution in [0.2, 0.25) is 0 Å². The number of aldehydes is 1. The van der Waals surface area contributed by atoms with Crippen LogP contribution in [0.15, 0.2) is 42.6 Å². The molecule has 2 rings (SSSR count). The van der Waals surface area contributed by atoms with Crippen LogP contribution in [0.3, 0.4) is 0 Å². The number of allylic oxidation sites excluding steroid dienone is 2. The number of hydrogen-bond donors (Lipinski definition) is 0. The quantitative estimate of drug-likeness (QED) is 0.754. The van der Waals surface area contributed by atoms with Crippen molar-refractivity contribution >= 4 is 12.0 Å². The average molecular weight is 241 g/mol. The predicted molar refractivity (Wildman–Crippen MR) is 75.8 cm³/mol. The Morgan fingerprint density at radius 2 is 2.06 bits per heavy atom. The maximum atomic E-state index is 11.1. The highest BCUT2D eigenvalue weighted by Crippen LogP contribution is 2.26. The first-order valence-electron chi connectivity index (χ1n) is 6.50. The Labute approximate surface area is 109 Å². The van der Waals surface area contributed by atoms with Crippen molar-refractivity contribution in [3.05, 3.63) is 53.8 Å². The SMILES string of the molecule is CCc1ccc(N2C=CC=CC2C=O)c(CC)c1. The van der Waals surface area contributed by atoms with Crippen molar-refractivity contribution in [3.8, 4) is 0 Å². The number of anilines is 1. The molecule has 1 aromatic rings. The third-order valence-corrected chi connectivity index (χ3v) is 3.34. The van der Waals surface area contributed by atoms with Gasteiger partial charge in [-0.3, -0.25) is 0 Å². The van der Waals surface area contributed by atoms with Gasteiger partial charge in [-0.15, -0.1) is 0 Å². The Bertz CT molecular complexity index is 488. The summed E-state index contributed by atoms with van der Waals surface area (Å²) in [5.41, 5.74) is 3.77. The molecule has 1 aliphatic heterocycles. The van der Waals surface area contributed by atoms with Crippen LogP contribution in [0.1, 0.15) is 25.0 Å². The molecule has 2 nitrogen and oxygen atoms in total. The lowest BCUT2D eigenvalue weighted by molar-refractivity contribution is -0.108. The van der Waals surface area contributed by atoms with E-state index in [1.165, 1.54) is 11.1 Å². The van der Waals surface area contributed by atoms with E-state index in [1.807, 2.05) is 29.3 Å². The van der Waals surface area contributed by atoms with E-state index in [-0.39, 0.29) is 6.04 Å². The molecule has 2 heteroatoms. The van der Waals surface area contributed by atoms with E-state index in [1.54, 1.807) is 0 Å². The summed E-state index contributed by atoms with van der Waals surface area (Å²) in [6.45, 7) is 4.31. The molecule has 0 radical (unpaired) electrons.